The summed E-state index contributed by atoms with van der Waals surface area (Å²) in [7, 11) is 0. The van der Waals surface area contributed by atoms with E-state index in [0.29, 0.717) is 0 Å². The van der Waals surface area contributed by atoms with Gasteiger partial charge in [-0.05, 0) is 48.0 Å². The summed E-state index contributed by atoms with van der Waals surface area (Å²) in [5.74, 6) is 0. The van der Waals surface area contributed by atoms with E-state index < -0.39 is 0 Å². The number of pyridine rings is 1. The molecule has 0 amide bonds. The smallest absolute Gasteiger partial charge is 0.0702 e. The summed E-state index contributed by atoms with van der Waals surface area (Å²) >= 11 is 0. The van der Waals surface area contributed by atoms with Crippen LogP contribution in [0.25, 0.3) is 10.9 Å². The first-order valence-electron chi connectivity index (χ1n) is 6.06. The summed E-state index contributed by atoms with van der Waals surface area (Å²) in [5, 5.41) is 1.11. The minimum Gasteiger partial charge on any atom is -0.399 e. The summed E-state index contributed by atoms with van der Waals surface area (Å²) in [6, 6.07) is 17.5. The Morgan fingerprint density at radius 1 is 1.00 bits per heavy atom. The molecule has 2 N–H and O–H groups in total. The quantitative estimate of drug-likeness (QED) is 0.556. The second-order valence-electron chi connectivity index (χ2n) is 4.31. The SMILES string of the molecule is Nc1ccc(N=Cc2ccc3ncccc3c2)cc1. The van der Waals surface area contributed by atoms with E-state index in [-0.39, 0.29) is 0 Å². The lowest BCUT2D eigenvalue weighted by Gasteiger charge is -1.98. The van der Waals surface area contributed by atoms with Gasteiger partial charge in [0.2, 0.25) is 0 Å². The van der Waals surface area contributed by atoms with Gasteiger partial charge in [-0.2, -0.15) is 0 Å². The van der Waals surface area contributed by atoms with Crippen LogP contribution in [-0.2, 0) is 0 Å². The molecule has 3 heteroatoms. The van der Waals surface area contributed by atoms with Crippen molar-refractivity contribution in [3.05, 3.63) is 66.4 Å². The molecule has 3 nitrogen and oxygen atoms in total. The maximum absolute atomic E-state index is 5.64. The topological polar surface area (TPSA) is 51.3 Å². The highest BCUT2D eigenvalue weighted by molar-refractivity contribution is 5.89. The maximum Gasteiger partial charge on any atom is 0.0702 e. The zero-order chi connectivity index (χ0) is 13.1. The zero-order valence-electron chi connectivity index (χ0n) is 10.3. The lowest BCUT2D eigenvalue weighted by atomic mass is 10.1. The Labute approximate surface area is 111 Å². The average molecular weight is 247 g/mol. The zero-order valence-corrected chi connectivity index (χ0v) is 10.3. The number of hydrogen-bond acceptors (Lipinski definition) is 3. The minimum atomic E-state index is 0.746. The van der Waals surface area contributed by atoms with Crippen LogP contribution in [0.5, 0.6) is 0 Å². The number of nitrogens with two attached hydrogens (primary N) is 1. The van der Waals surface area contributed by atoms with Crippen LogP contribution in [0.2, 0.25) is 0 Å². The van der Waals surface area contributed by atoms with Gasteiger partial charge < -0.3 is 5.73 Å². The summed E-state index contributed by atoms with van der Waals surface area (Å²) in [6.07, 6.45) is 3.64. The van der Waals surface area contributed by atoms with Crippen molar-refractivity contribution in [3.8, 4) is 0 Å². The van der Waals surface area contributed by atoms with Gasteiger partial charge in [0.05, 0.1) is 11.2 Å². The van der Waals surface area contributed by atoms with Crippen LogP contribution < -0.4 is 5.73 Å². The third-order valence-electron chi connectivity index (χ3n) is 2.88. The van der Waals surface area contributed by atoms with Crippen molar-refractivity contribution in [3.63, 3.8) is 0 Å². The molecule has 0 saturated heterocycles. The lowest BCUT2D eigenvalue weighted by molar-refractivity contribution is 1.41. The normalized spacial score (nSPS) is 11.2. The van der Waals surface area contributed by atoms with Crippen molar-refractivity contribution in [1.29, 1.82) is 0 Å². The van der Waals surface area contributed by atoms with Gasteiger partial charge in [-0.3, -0.25) is 9.98 Å². The van der Waals surface area contributed by atoms with E-state index in [0.717, 1.165) is 27.8 Å². The highest BCUT2D eigenvalue weighted by atomic mass is 14.7. The molecule has 0 bridgehead atoms. The third kappa shape index (κ3) is 2.60. The average Bonchev–Trinajstić information content (AvgIpc) is 2.46. The number of fused-ring (bicyclic) bond motifs is 1. The molecule has 0 radical (unpaired) electrons. The van der Waals surface area contributed by atoms with Crippen LogP contribution in [-0.4, -0.2) is 11.2 Å². The fourth-order valence-corrected chi connectivity index (χ4v) is 1.88. The van der Waals surface area contributed by atoms with Gasteiger partial charge in [-0.25, -0.2) is 0 Å². The molecule has 0 unspecified atom stereocenters. The molecule has 0 spiro atoms. The van der Waals surface area contributed by atoms with Crippen molar-refractivity contribution in [1.82, 2.24) is 4.98 Å². The van der Waals surface area contributed by atoms with E-state index in [4.69, 9.17) is 5.73 Å². The van der Waals surface area contributed by atoms with Crippen molar-refractivity contribution in [2.45, 2.75) is 0 Å². The lowest BCUT2D eigenvalue weighted by Crippen LogP contribution is -1.84. The van der Waals surface area contributed by atoms with Gasteiger partial charge in [-0.1, -0.05) is 12.1 Å². The highest BCUT2D eigenvalue weighted by Gasteiger charge is 1.95. The second kappa shape index (κ2) is 4.90. The van der Waals surface area contributed by atoms with E-state index in [1.165, 1.54) is 0 Å². The molecule has 19 heavy (non-hydrogen) atoms. The van der Waals surface area contributed by atoms with E-state index in [9.17, 15) is 0 Å². The van der Waals surface area contributed by atoms with Crippen LogP contribution in [0.4, 0.5) is 11.4 Å². The van der Waals surface area contributed by atoms with Gasteiger partial charge in [0, 0.05) is 23.5 Å². The Hall–Kier alpha value is -2.68. The van der Waals surface area contributed by atoms with Crippen LogP contribution in [0.15, 0.2) is 65.8 Å². The van der Waals surface area contributed by atoms with Crippen LogP contribution in [0.3, 0.4) is 0 Å². The molecule has 3 rings (SSSR count). The molecule has 0 aliphatic carbocycles. The van der Waals surface area contributed by atoms with Crippen molar-refractivity contribution < 1.29 is 0 Å². The van der Waals surface area contributed by atoms with E-state index in [1.54, 1.807) is 6.20 Å². The van der Waals surface area contributed by atoms with Crippen molar-refractivity contribution in [2.24, 2.45) is 4.99 Å². The van der Waals surface area contributed by atoms with Crippen LogP contribution >= 0.6 is 0 Å². The van der Waals surface area contributed by atoms with Crippen LogP contribution in [0.1, 0.15) is 5.56 Å². The number of aromatic nitrogens is 1. The number of aliphatic imine (C=N–C) groups is 1. The highest BCUT2D eigenvalue weighted by Crippen LogP contribution is 2.15. The first-order chi connectivity index (χ1) is 9.31. The first-order valence-corrected chi connectivity index (χ1v) is 6.06. The summed E-state index contributed by atoms with van der Waals surface area (Å²) in [6.45, 7) is 0. The van der Waals surface area contributed by atoms with Gasteiger partial charge in [0.25, 0.3) is 0 Å². The van der Waals surface area contributed by atoms with Gasteiger partial charge in [0.1, 0.15) is 0 Å². The molecule has 0 aliphatic heterocycles. The summed E-state index contributed by atoms with van der Waals surface area (Å²) < 4.78 is 0. The predicted octanol–water partition coefficient (Wildman–Crippen LogP) is 3.57. The Bertz CT molecular complexity index is 730. The molecular weight excluding hydrogens is 234 g/mol. The molecule has 0 aliphatic rings. The predicted molar refractivity (Wildman–Crippen MR) is 79.9 cm³/mol. The molecule has 1 aromatic heterocycles. The Morgan fingerprint density at radius 2 is 1.84 bits per heavy atom. The maximum atomic E-state index is 5.64. The standard InChI is InChI=1S/C16H13N3/c17-14-4-6-15(7-5-14)19-11-12-3-8-16-13(10-12)2-1-9-18-16/h1-11H,17H2. The monoisotopic (exact) mass is 247 g/mol. The third-order valence-corrected chi connectivity index (χ3v) is 2.88. The number of benzene rings is 2. The molecule has 0 atom stereocenters. The largest absolute Gasteiger partial charge is 0.399 e. The Morgan fingerprint density at radius 3 is 2.68 bits per heavy atom. The van der Waals surface area contributed by atoms with Crippen molar-refractivity contribution in [2.75, 3.05) is 5.73 Å². The van der Waals surface area contributed by atoms with Gasteiger partial charge >= 0.3 is 0 Å². The fraction of sp³-hybridized carbons (Fsp3) is 0. The van der Waals surface area contributed by atoms with Gasteiger partial charge in [0.15, 0.2) is 0 Å². The summed E-state index contributed by atoms with van der Waals surface area (Å²) in [4.78, 5) is 8.72. The number of nitrogen functional groups attached to an aromatic ring is 1. The Balaban J connectivity index is 1.90. The fourth-order valence-electron chi connectivity index (χ4n) is 1.88. The first kappa shape index (κ1) is 11.4. The molecule has 0 fully saturated rings. The number of anilines is 1. The molecule has 92 valence electrons. The van der Waals surface area contributed by atoms with Crippen LogP contribution in [0, 0.1) is 0 Å². The number of rotatable bonds is 2. The number of nitrogens with zero attached hydrogens (tertiary/aromatic N) is 2. The van der Waals surface area contributed by atoms with Crippen molar-refractivity contribution >= 4 is 28.5 Å². The summed E-state index contributed by atoms with van der Waals surface area (Å²) in [5.41, 5.74) is 9.32. The molecule has 1 heterocycles. The minimum absolute atomic E-state index is 0.746. The Kier molecular flexibility index (Phi) is 2.94. The molecular formula is C16H13N3. The number of hydrogen-bond donors (Lipinski definition) is 1. The second-order valence-corrected chi connectivity index (χ2v) is 4.31. The molecule has 3 aromatic rings. The molecule has 2 aromatic carbocycles. The van der Waals surface area contributed by atoms with Gasteiger partial charge in [-0.15, -0.1) is 0 Å². The van der Waals surface area contributed by atoms with E-state index >= 15 is 0 Å². The van der Waals surface area contributed by atoms with E-state index in [2.05, 4.69) is 16.0 Å². The van der Waals surface area contributed by atoms with E-state index in [1.807, 2.05) is 54.7 Å². The molecule has 0 saturated carbocycles.